The summed E-state index contributed by atoms with van der Waals surface area (Å²) in [5.74, 6) is 0.785. The number of hydrogen-bond donors (Lipinski definition) is 0. The maximum absolute atomic E-state index is 13.2. The zero-order valence-corrected chi connectivity index (χ0v) is 18.7. The van der Waals surface area contributed by atoms with E-state index in [0.717, 1.165) is 32.8 Å². The molecule has 158 valence electrons. The first-order valence-electron chi connectivity index (χ1n) is 10.1. The summed E-state index contributed by atoms with van der Waals surface area (Å²) in [6.07, 6.45) is 0. The summed E-state index contributed by atoms with van der Waals surface area (Å²) in [6.45, 7) is 6.67. The van der Waals surface area contributed by atoms with Gasteiger partial charge in [0.15, 0.2) is 0 Å². The van der Waals surface area contributed by atoms with Gasteiger partial charge >= 0.3 is 0 Å². The molecule has 0 N–H and O–H groups in total. The van der Waals surface area contributed by atoms with Gasteiger partial charge in [0, 0.05) is 36.9 Å². The zero-order valence-electron chi connectivity index (χ0n) is 17.1. The minimum Gasteiger partial charge on any atom is -0.494 e. The van der Waals surface area contributed by atoms with Gasteiger partial charge in [0.05, 0.1) is 11.5 Å². The molecule has 0 unspecified atom stereocenters. The van der Waals surface area contributed by atoms with Crippen LogP contribution in [0.5, 0.6) is 5.75 Å². The maximum Gasteiger partial charge on any atom is 0.243 e. The molecule has 0 atom stereocenters. The predicted molar refractivity (Wildman–Crippen MR) is 122 cm³/mol. The molecule has 0 amide bonds. The lowest BCUT2D eigenvalue weighted by molar-refractivity contribution is 0.341. The molecule has 7 heteroatoms. The molecule has 3 aromatic carbocycles. The van der Waals surface area contributed by atoms with E-state index in [-0.39, 0.29) is 0 Å². The molecule has 0 spiro atoms. The standard InChI is InChI=1S/C23H25ClN2O3S/c1-3-29-20-9-7-19-16-21(10-8-18(19)15-20)30(27,28)26-13-11-25(12-14-26)23-6-4-5-22(24)17(23)2/h4-10,15-16H,3,11-14H2,1-2H3. The first kappa shape index (κ1) is 21.0. The number of piperazine rings is 1. The molecule has 0 aromatic heterocycles. The van der Waals surface area contributed by atoms with Crippen molar-refractivity contribution in [2.75, 3.05) is 37.7 Å². The van der Waals surface area contributed by atoms with Crippen molar-refractivity contribution in [3.05, 3.63) is 65.2 Å². The number of hydrogen-bond acceptors (Lipinski definition) is 4. The maximum atomic E-state index is 13.2. The molecule has 0 saturated carbocycles. The van der Waals surface area contributed by atoms with Gasteiger partial charge in [-0.1, -0.05) is 29.8 Å². The Bertz CT molecular complexity index is 1170. The van der Waals surface area contributed by atoms with Gasteiger partial charge in [-0.2, -0.15) is 4.31 Å². The highest BCUT2D eigenvalue weighted by Gasteiger charge is 2.29. The van der Waals surface area contributed by atoms with E-state index < -0.39 is 10.0 Å². The lowest BCUT2D eigenvalue weighted by Crippen LogP contribution is -2.48. The molecule has 1 heterocycles. The third-order valence-electron chi connectivity index (χ3n) is 5.55. The summed E-state index contributed by atoms with van der Waals surface area (Å²) in [4.78, 5) is 2.52. The molecule has 0 bridgehead atoms. The largest absolute Gasteiger partial charge is 0.494 e. The van der Waals surface area contributed by atoms with Crippen molar-refractivity contribution < 1.29 is 13.2 Å². The zero-order chi connectivity index (χ0) is 21.3. The molecular weight excluding hydrogens is 420 g/mol. The van der Waals surface area contributed by atoms with Crippen LogP contribution >= 0.6 is 11.6 Å². The Kier molecular flexibility index (Phi) is 5.91. The quantitative estimate of drug-likeness (QED) is 0.571. The SMILES string of the molecule is CCOc1ccc2cc(S(=O)(=O)N3CCN(c4cccc(Cl)c4C)CC3)ccc2c1. The number of ether oxygens (including phenoxy) is 1. The number of benzene rings is 3. The van der Waals surface area contributed by atoms with Crippen LogP contribution in [0.1, 0.15) is 12.5 Å². The molecule has 0 radical (unpaired) electrons. The molecule has 30 heavy (non-hydrogen) atoms. The summed E-state index contributed by atoms with van der Waals surface area (Å²) in [5.41, 5.74) is 2.09. The van der Waals surface area contributed by atoms with E-state index in [1.807, 2.05) is 56.3 Å². The minimum atomic E-state index is -3.55. The molecule has 5 nitrogen and oxygen atoms in total. The highest BCUT2D eigenvalue weighted by atomic mass is 35.5. The number of anilines is 1. The van der Waals surface area contributed by atoms with Crippen LogP contribution in [0.15, 0.2) is 59.5 Å². The number of sulfonamides is 1. The Morgan fingerprint density at radius 1 is 0.967 bits per heavy atom. The van der Waals surface area contributed by atoms with E-state index in [9.17, 15) is 8.42 Å². The minimum absolute atomic E-state index is 0.326. The fourth-order valence-electron chi connectivity index (χ4n) is 3.88. The van der Waals surface area contributed by atoms with Crippen molar-refractivity contribution >= 4 is 38.1 Å². The Labute approximate surface area is 182 Å². The van der Waals surface area contributed by atoms with Crippen molar-refractivity contribution in [3.63, 3.8) is 0 Å². The Hall–Kier alpha value is -2.28. The Balaban J connectivity index is 1.53. The molecular formula is C23H25ClN2O3S. The monoisotopic (exact) mass is 444 g/mol. The molecule has 4 rings (SSSR count). The van der Waals surface area contributed by atoms with Crippen molar-refractivity contribution in [2.24, 2.45) is 0 Å². The van der Waals surface area contributed by atoms with Crippen LogP contribution in [0.3, 0.4) is 0 Å². The van der Waals surface area contributed by atoms with Crippen LogP contribution in [0.25, 0.3) is 10.8 Å². The van der Waals surface area contributed by atoms with Gasteiger partial charge in [0.2, 0.25) is 10.0 Å². The molecule has 0 aliphatic carbocycles. The van der Waals surface area contributed by atoms with Gasteiger partial charge in [-0.25, -0.2) is 8.42 Å². The number of nitrogens with zero attached hydrogens (tertiary/aromatic N) is 2. The van der Waals surface area contributed by atoms with E-state index in [0.29, 0.717) is 37.7 Å². The lowest BCUT2D eigenvalue weighted by Gasteiger charge is -2.36. The van der Waals surface area contributed by atoms with Crippen molar-refractivity contribution in [3.8, 4) is 5.75 Å². The molecule has 1 fully saturated rings. The molecule has 1 aliphatic rings. The van der Waals surface area contributed by atoms with Crippen LogP contribution < -0.4 is 9.64 Å². The highest BCUT2D eigenvalue weighted by molar-refractivity contribution is 7.89. The third kappa shape index (κ3) is 4.00. The summed E-state index contributed by atoms with van der Waals surface area (Å²) in [7, 11) is -3.55. The summed E-state index contributed by atoms with van der Waals surface area (Å²) in [5, 5.41) is 2.57. The van der Waals surface area contributed by atoms with Gasteiger partial charge in [0.1, 0.15) is 5.75 Å². The smallest absolute Gasteiger partial charge is 0.243 e. The Morgan fingerprint density at radius 2 is 1.67 bits per heavy atom. The highest BCUT2D eigenvalue weighted by Crippen LogP contribution is 2.29. The molecule has 1 aliphatic heterocycles. The topological polar surface area (TPSA) is 49.9 Å². The fraction of sp³-hybridized carbons (Fsp3) is 0.304. The average molecular weight is 445 g/mol. The summed E-state index contributed by atoms with van der Waals surface area (Å²) < 4.78 is 33.6. The van der Waals surface area contributed by atoms with E-state index in [4.69, 9.17) is 16.3 Å². The number of halogens is 1. The van der Waals surface area contributed by atoms with E-state index in [1.165, 1.54) is 0 Å². The first-order chi connectivity index (χ1) is 14.4. The van der Waals surface area contributed by atoms with Crippen LogP contribution in [-0.4, -0.2) is 45.5 Å². The van der Waals surface area contributed by atoms with E-state index in [2.05, 4.69) is 4.90 Å². The molecule has 1 saturated heterocycles. The lowest BCUT2D eigenvalue weighted by atomic mass is 10.1. The van der Waals surface area contributed by atoms with Crippen molar-refractivity contribution in [2.45, 2.75) is 18.7 Å². The van der Waals surface area contributed by atoms with Gasteiger partial charge in [-0.3, -0.25) is 0 Å². The van der Waals surface area contributed by atoms with E-state index in [1.54, 1.807) is 16.4 Å². The second-order valence-corrected chi connectivity index (χ2v) is 9.72. The van der Waals surface area contributed by atoms with Gasteiger partial charge < -0.3 is 9.64 Å². The van der Waals surface area contributed by atoms with Crippen LogP contribution in [0.2, 0.25) is 5.02 Å². The Morgan fingerprint density at radius 3 is 2.40 bits per heavy atom. The average Bonchev–Trinajstić information content (AvgIpc) is 2.75. The fourth-order valence-corrected chi connectivity index (χ4v) is 5.50. The summed E-state index contributed by atoms with van der Waals surface area (Å²) in [6, 6.07) is 16.8. The normalized spacial score (nSPS) is 15.5. The van der Waals surface area contributed by atoms with Crippen LogP contribution in [0.4, 0.5) is 5.69 Å². The summed E-state index contributed by atoms with van der Waals surface area (Å²) >= 11 is 6.25. The second kappa shape index (κ2) is 8.46. The van der Waals surface area contributed by atoms with Crippen LogP contribution in [-0.2, 0) is 10.0 Å². The van der Waals surface area contributed by atoms with Crippen molar-refractivity contribution in [1.82, 2.24) is 4.31 Å². The molecule has 3 aromatic rings. The van der Waals surface area contributed by atoms with Gasteiger partial charge in [-0.05, 0) is 66.6 Å². The first-order valence-corrected chi connectivity index (χ1v) is 11.9. The van der Waals surface area contributed by atoms with E-state index >= 15 is 0 Å². The van der Waals surface area contributed by atoms with Crippen molar-refractivity contribution in [1.29, 1.82) is 0 Å². The van der Waals surface area contributed by atoms with Gasteiger partial charge in [0.25, 0.3) is 0 Å². The third-order valence-corrected chi connectivity index (χ3v) is 7.85. The number of fused-ring (bicyclic) bond motifs is 1. The second-order valence-electron chi connectivity index (χ2n) is 7.38. The van der Waals surface area contributed by atoms with Crippen LogP contribution in [0, 0.1) is 6.92 Å². The number of rotatable bonds is 5. The predicted octanol–water partition coefficient (Wildman–Crippen LogP) is 4.71. The van der Waals surface area contributed by atoms with Gasteiger partial charge in [-0.15, -0.1) is 0 Å².